The van der Waals surface area contributed by atoms with Crippen LogP contribution in [0.3, 0.4) is 0 Å². The van der Waals surface area contributed by atoms with Gasteiger partial charge in [-0.25, -0.2) is 4.39 Å². The molecule has 2 nitrogen and oxygen atoms in total. The van der Waals surface area contributed by atoms with Crippen molar-refractivity contribution >= 4 is 5.91 Å². The van der Waals surface area contributed by atoms with Crippen LogP contribution in [0.15, 0.2) is 48.5 Å². The zero-order valence-corrected chi connectivity index (χ0v) is 11.8. The molecule has 0 spiro atoms. The molecule has 0 saturated carbocycles. The summed E-state index contributed by atoms with van der Waals surface area (Å²) >= 11 is 0. The highest BCUT2D eigenvalue weighted by molar-refractivity contribution is 5.78. The van der Waals surface area contributed by atoms with E-state index in [9.17, 15) is 9.18 Å². The van der Waals surface area contributed by atoms with Gasteiger partial charge in [-0.3, -0.25) is 4.79 Å². The summed E-state index contributed by atoms with van der Waals surface area (Å²) in [5.74, 6) is 5.37. The van der Waals surface area contributed by atoms with Crippen molar-refractivity contribution in [3.63, 3.8) is 0 Å². The highest BCUT2D eigenvalue weighted by Gasteiger charge is 2.01. The summed E-state index contributed by atoms with van der Waals surface area (Å²) in [6, 6.07) is 13.8. The molecule has 3 heteroatoms. The molecular weight excluding hydrogens is 265 g/mol. The molecule has 0 atom stereocenters. The van der Waals surface area contributed by atoms with Crippen molar-refractivity contribution in [2.75, 3.05) is 6.54 Å². The summed E-state index contributed by atoms with van der Waals surface area (Å²) in [5, 5.41) is 2.75. The van der Waals surface area contributed by atoms with Gasteiger partial charge in [0.25, 0.3) is 0 Å². The lowest BCUT2D eigenvalue weighted by molar-refractivity contribution is -0.120. The smallest absolute Gasteiger partial charge is 0.225 e. The molecule has 0 aromatic heterocycles. The maximum absolute atomic E-state index is 12.7. The third-order valence-corrected chi connectivity index (χ3v) is 2.90. The van der Waals surface area contributed by atoms with E-state index < -0.39 is 0 Å². The van der Waals surface area contributed by atoms with Crippen LogP contribution in [-0.2, 0) is 11.2 Å². The Kier molecular flexibility index (Phi) is 5.11. The number of halogens is 1. The molecule has 0 unspecified atom stereocenters. The van der Waals surface area contributed by atoms with Crippen molar-refractivity contribution in [2.24, 2.45) is 0 Å². The zero-order valence-electron chi connectivity index (χ0n) is 11.8. The fraction of sp³-hybridized carbons (Fsp3) is 0.167. The number of amides is 1. The molecule has 2 aromatic rings. The molecule has 0 bridgehead atoms. The second-order valence-corrected chi connectivity index (χ2v) is 4.75. The van der Waals surface area contributed by atoms with Gasteiger partial charge < -0.3 is 5.32 Å². The molecule has 1 amide bonds. The molecule has 1 N–H and O–H groups in total. The van der Waals surface area contributed by atoms with Crippen LogP contribution in [-0.4, -0.2) is 12.5 Å². The van der Waals surface area contributed by atoms with Crippen LogP contribution in [0.5, 0.6) is 0 Å². The molecule has 2 rings (SSSR count). The van der Waals surface area contributed by atoms with Gasteiger partial charge in [-0.2, -0.15) is 0 Å². The number of hydrogen-bond donors (Lipinski definition) is 1. The first-order valence-corrected chi connectivity index (χ1v) is 6.70. The Bertz CT molecular complexity index is 680. The Hall–Kier alpha value is -2.60. The Balaban J connectivity index is 1.81. The van der Waals surface area contributed by atoms with Crippen LogP contribution < -0.4 is 5.32 Å². The maximum atomic E-state index is 12.7. The number of rotatable bonds is 3. The van der Waals surface area contributed by atoms with Crippen molar-refractivity contribution in [1.82, 2.24) is 5.32 Å². The lowest BCUT2D eigenvalue weighted by atomic mass is 10.1. The fourth-order valence-corrected chi connectivity index (χ4v) is 1.89. The highest BCUT2D eigenvalue weighted by Crippen LogP contribution is 2.04. The lowest BCUT2D eigenvalue weighted by Gasteiger charge is -2.02. The van der Waals surface area contributed by atoms with Crippen molar-refractivity contribution in [2.45, 2.75) is 13.3 Å². The number of benzene rings is 2. The minimum absolute atomic E-state index is 0.0611. The molecule has 0 aliphatic heterocycles. The third kappa shape index (κ3) is 5.12. The van der Waals surface area contributed by atoms with E-state index in [0.717, 1.165) is 16.7 Å². The van der Waals surface area contributed by atoms with Crippen LogP contribution in [0.2, 0.25) is 0 Å². The van der Waals surface area contributed by atoms with Gasteiger partial charge in [-0.05, 0) is 36.8 Å². The molecule has 0 aliphatic carbocycles. The molecule has 0 heterocycles. The second-order valence-electron chi connectivity index (χ2n) is 4.75. The topological polar surface area (TPSA) is 29.1 Å². The Morgan fingerprint density at radius 1 is 1.19 bits per heavy atom. The first-order chi connectivity index (χ1) is 10.1. The van der Waals surface area contributed by atoms with E-state index in [0.29, 0.717) is 6.42 Å². The average Bonchev–Trinajstić information content (AvgIpc) is 2.45. The fourth-order valence-electron chi connectivity index (χ4n) is 1.89. The summed E-state index contributed by atoms with van der Waals surface area (Å²) in [6.07, 6.45) is 0.347. The first-order valence-electron chi connectivity index (χ1n) is 6.70. The summed E-state index contributed by atoms with van der Waals surface area (Å²) in [6.45, 7) is 2.28. The Morgan fingerprint density at radius 3 is 2.67 bits per heavy atom. The molecule has 2 aromatic carbocycles. The van der Waals surface area contributed by atoms with Crippen molar-refractivity contribution < 1.29 is 9.18 Å². The van der Waals surface area contributed by atoms with Gasteiger partial charge in [-0.1, -0.05) is 41.7 Å². The van der Waals surface area contributed by atoms with Crippen LogP contribution in [0.25, 0.3) is 0 Å². The lowest BCUT2D eigenvalue weighted by Crippen LogP contribution is -2.25. The number of carbonyl (C=O) groups is 1. The highest BCUT2D eigenvalue weighted by atomic mass is 19.1. The zero-order chi connectivity index (χ0) is 15.1. The van der Waals surface area contributed by atoms with Gasteiger partial charge in [0, 0.05) is 5.56 Å². The molecule has 21 heavy (non-hydrogen) atoms. The second kappa shape index (κ2) is 7.25. The van der Waals surface area contributed by atoms with Crippen LogP contribution in [0, 0.1) is 24.6 Å². The number of aryl methyl sites for hydroxylation is 1. The minimum atomic E-state index is -0.285. The van der Waals surface area contributed by atoms with Crippen molar-refractivity contribution in [3.8, 4) is 11.8 Å². The van der Waals surface area contributed by atoms with Crippen LogP contribution in [0.1, 0.15) is 16.7 Å². The maximum Gasteiger partial charge on any atom is 0.225 e. The quantitative estimate of drug-likeness (QED) is 0.861. The van der Waals surface area contributed by atoms with Gasteiger partial charge >= 0.3 is 0 Å². The summed E-state index contributed by atoms with van der Waals surface area (Å²) in [5.41, 5.74) is 2.85. The monoisotopic (exact) mass is 281 g/mol. The SMILES string of the molecule is Cc1cccc(CC(=O)NCC#Cc2ccc(F)cc2)c1. The Morgan fingerprint density at radius 2 is 1.95 bits per heavy atom. The van der Waals surface area contributed by atoms with E-state index in [-0.39, 0.29) is 18.3 Å². The molecule has 0 radical (unpaired) electrons. The van der Waals surface area contributed by atoms with Gasteiger partial charge in [0.15, 0.2) is 0 Å². The van der Waals surface area contributed by atoms with E-state index in [4.69, 9.17) is 0 Å². The van der Waals surface area contributed by atoms with E-state index in [2.05, 4.69) is 17.2 Å². The normalized spacial score (nSPS) is 9.62. The average molecular weight is 281 g/mol. The van der Waals surface area contributed by atoms with E-state index in [1.807, 2.05) is 31.2 Å². The molecule has 0 fully saturated rings. The van der Waals surface area contributed by atoms with E-state index in [1.165, 1.54) is 12.1 Å². The van der Waals surface area contributed by atoms with E-state index in [1.54, 1.807) is 12.1 Å². The van der Waals surface area contributed by atoms with E-state index >= 15 is 0 Å². The summed E-state index contributed by atoms with van der Waals surface area (Å²) < 4.78 is 12.7. The van der Waals surface area contributed by atoms with Crippen molar-refractivity contribution in [1.29, 1.82) is 0 Å². The van der Waals surface area contributed by atoms with Gasteiger partial charge in [0.1, 0.15) is 5.82 Å². The Labute approximate surface area is 124 Å². The van der Waals surface area contributed by atoms with Crippen LogP contribution in [0.4, 0.5) is 4.39 Å². The molecule has 106 valence electrons. The molecule has 0 saturated heterocycles. The first kappa shape index (κ1) is 14.8. The standard InChI is InChI=1S/C18H16FNO/c1-14-4-2-5-16(12-14)13-18(21)20-11-3-6-15-7-9-17(19)10-8-15/h2,4-5,7-10,12H,11,13H2,1H3,(H,20,21). The van der Waals surface area contributed by atoms with Crippen LogP contribution >= 0.6 is 0 Å². The predicted molar refractivity (Wildman–Crippen MR) is 81.2 cm³/mol. The molecular formula is C18H16FNO. The van der Waals surface area contributed by atoms with Gasteiger partial charge in [0.05, 0.1) is 13.0 Å². The number of carbonyl (C=O) groups excluding carboxylic acids is 1. The third-order valence-electron chi connectivity index (χ3n) is 2.90. The summed E-state index contributed by atoms with van der Waals surface area (Å²) in [7, 11) is 0. The van der Waals surface area contributed by atoms with Crippen molar-refractivity contribution in [3.05, 3.63) is 71.0 Å². The summed E-state index contributed by atoms with van der Waals surface area (Å²) in [4.78, 5) is 11.8. The van der Waals surface area contributed by atoms with Gasteiger partial charge in [-0.15, -0.1) is 0 Å². The minimum Gasteiger partial charge on any atom is -0.345 e. The number of nitrogens with one attached hydrogen (secondary N) is 1. The predicted octanol–water partition coefficient (Wildman–Crippen LogP) is 2.84. The number of hydrogen-bond acceptors (Lipinski definition) is 1. The largest absolute Gasteiger partial charge is 0.345 e. The molecule has 0 aliphatic rings. The van der Waals surface area contributed by atoms with Gasteiger partial charge in [0.2, 0.25) is 5.91 Å².